The van der Waals surface area contributed by atoms with Crippen LogP contribution in [0.1, 0.15) is 48.4 Å². The molecule has 2 aromatic carbocycles. The number of carbonyl (C=O) groups excluding carboxylic acids is 1. The Balaban J connectivity index is 1.23. The van der Waals surface area contributed by atoms with Crippen LogP contribution < -0.4 is 5.73 Å². The second kappa shape index (κ2) is 12.7. The minimum absolute atomic E-state index is 0.00985. The number of piperidine rings is 1. The number of hydrogen-bond acceptors (Lipinski definition) is 5. The lowest BCUT2D eigenvalue weighted by molar-refractivity contribution is -0.132. The molecule has 2 aromatic heterocycles. The molecule has 1 amide bonds. The van der Waals surface area contributed by atoms with E-state index in [9.17, 15) is 9.90 Å². The van der Waals surface area contributed by atoms with Gasteiger partial charge in [-0.15, -0.1) is 0 Å². The number of fused-ring (bicyclic) bond motifs is 1. The zero-order valence-electron chi connectivity index (χ0n) is 23.6. The average Bonchev–Trinajstić information content (AvgIpc) is 3.25. The van der Waals surface area contributed by atoms with Gasteiger partial charge in [0.1, 0.15) is 0 Å². The monoisotopic (exact) mass is 540 g/mol. The SMILES string of the molecule is COCCCn1c([C@@H]2CCCN(C(=O)C[C@H](N)Cc3ccc(-c4ccc(O)nc4)cc3)C2)c(C)c2ccccc21. The lowest BCUT2D eigenvalue weighted by Crippen LogP contribution is -2.42. The fraction of sp³-hybridized carbons (Fsp3) is 0.394. The van der Waals surface area contributed by atoms with Crippen LogP contribution in [-0.4, -0.2) is 58.3 Å². The number of aromatic hydroxyl groups is 1. The number of amides is 1. The molecule has 210 valence electrons. The van der Waals surface area contributed by atoms with E-state index in [1.165, 1.54) is 22.2 Å². The van der Waals surface area contributed by atoms with E-state index < -0.39 is 0 Å². The van der Waals surface area contributed by atoms with Crippen molar-refractivity contribution in [3.05, 3.63) is 83.7 Å². The van der Waals surface area contributed by atoms with Gasteiger partial charge in [-0.1, -0.05) is 42.5 Å². The van der Waals surface area contributed by atoms with Gasteiger partial charge < -0.3 is 25.0 Å². The Hall–Kier alpha value is -3.68. The molecule has 1 fully saturated rings. The van der Waals surface area contributed by atoms with E-state index in [1.54, 1.807) is 19.4 Å². The highest BCUT2D eigenvalue weighted by atomic mass is 16.5. The molecule has 3 N–H and O–H groups in total. The second-order valence-electron chi connectivity index (χ2n) is 11.0. The Kier molecular flexibility index (Phi) is 8.82. The lowest BCUT2D eigenvalue weighted by Gasteiger charge is -2.34. The normalized spacial score (nSPS) is 16.4. The number of hydrogen-bond donors (Lipinski definition) is 2. The molecule has 1 aliphatic rings. The van der Waals surface area contributed by atoms with Gasteiger partial charge in [0.2, 0.25) is 11.8 Å². The van der Waals surface area contributed by atoms with Gasteiger partial charge in [-0.3, -0.25) is 4.79 Å². The van der Waals surface area contributed by atoms with Crippen LogP contribution in [0.15, 0.2) is 66.9 Å². The van der Waals surface area contributed by atoms with Gasteiger partial charge in [0.25, 0.3) is 0 Å². The summed E-state index contributed by atoms with van der Waals surface area (Å²) in [6.45, 7) is 5.40. The molecule has 0 unspecified atom stereocenters. The molecule has 0 radical (unpaired) electrons. The van der Waals surface area contributed by atoms with Crippen LogP contribution in [0, 0.1) is 6.92 Å². The quantitative estimate of drug-likeness (QED) is 0.262. The van der Waals surface area contributed by atoms with E-state index in [4.69, 9.17) is 10.5 Å². The maximum Gasteiger partial charge on any atom is 0.224 e. The summed E-state index contributed by atoms with van der Waals surface area (Å²) in [6, 6.07) is 20.0. The van der Waals surface area contributed by atoms with Crippen LogP contribution in [0.4, 0.5) is 0 Å². The Morgan fingerprint density at radius 1 is 1.12 bits per heavy atom. The van der Waals surface area contributed by atoms with Crippen LogP contribution in [0.25, 0.3) is 22.0 Å². The number of methoxy groups -OCH3 is 1. The molecule has 0 aliphatic carbocycles. The highest BCUT2D eigenvalue weighted by molar-refractivity contribution is 5.85. The summed E-state index contributed by atoms with van der Waals surface area (Å²) in [5.74, 6) is 0.463. The number of nitrogens with zero attached hydrogens (tertiary/aromatic N) is 3. The van der Waals surface area contributed by atoms with Gasteiger partial charge >= 0.3 is 0 Å². The lowest BCUT2D eigenvalue weighted by atomic mass is 9.91. The predicted molar refractivity (Wildman–Crippen MR) is 159 cm³/mol. The van der Waals surface area contributed by atoms with Crippen LogP contribution in [0.3, 0.4) is 0 Å². The third kappa shape index (κ3) is 6.21. The zero-order chi connectivity index (χ0) is 28.1. The van der Waals surface area contributed by atoms with E-state index in [-0.39, 0.29) is 17.8 Å². The molecule has 3 heterocycles. The summed E-state index contributed by atoms with van der Waals surface area (Å²) < 4.78 is 7.80. The second-order valence-corrected chi connectivity index (χ2v) is 11.0. The van der Waals surface area contributed by atoms with Gasteiger partial charge in [0.05, 0.1) is 0 Å². The number of likely N-dealkylation sites (tertiary alicyclic amines) is 1. The number of para-hydroxylation sites is 1. The van der Waals surface area contributed by atoms with Crippen LogP contribution in [-0.2, 0) is 22.5 Å². The van der Waals surface area contributed by atoms with Crippen molar-refractivity contribution in [2.24, 2.45) is 5.73 Å². The molecule has 5 rings (SSSR count). The number of aromatic nitrogens is 2. The number of pyridine rings is 1. The van der Waals surface area contributed by atoms with E-state index in [1.807, 2.05) is 23.1 Å². The van der Waals surface area contributed by atoms with Crippen molar-refractivity contribution in [1.82, 2.24) is 14.5 Å². The summed E-state index contributed by atoms with van der Waals surface area (Å²) >= 11 is 0. The molecule has 1 aliphatic heterocycles. The van der Waals surface area contributed by atoms with Crippen LogP contribution in [0.5, 0.6) is 5.88 Å². The molecular weight excluding hydrogens is 500 g/mol. The van der Waals surface area contributed by atoms with Gasteiger partial charge in [-0.2, -0.15) is 0 Å². The van der Waals surface area contributed by atoms with Crippen molar-refractivity contribution in [2.45, 2.75) is 57.5 Å². The number of rotatable bonds is 10. The zero-order valence-corrected chi connectivity index (χ0v) is 23.6. The van der Waals surface area contributed by atoms with Crippen molar-refractivity contribution in [3.63, 3.8) is 0 Å². The maximum absolute atomic E-state index is 13.4. The summed E-state index contributed by atoms with van der Waals surface area (Å²) in [5.41, 5.74) is 13.5. The molecule has 1 saturated heterocycles. The van der Waals surface area contributed by atoms with E-state index in [0.717, 1.165) is 62.2 Å². The molecule has 0 saturated carbocycles. The smallest absolute Gasteiger partial charge is 0.224 e. The maximum atomic E-state index is 13.4. The molecule has 0 spiro atoms. The van der Waals surface area contributed by atoms with Gasteiger partial charge in [0, 0.05) is 86.2 Å². The Labute approximate surface area is 236 Å². The predicted octanol–water partition coefficient (Wildman–Crippen LogP) is 5.42. The highest BCUT2D eigenvalue weighted by Crippen LogP contribution is 2.36. The summed E-state index contributed by atoms with van der Waals surface area (Å²) in [7, 11) is 1.75. The van der Waals surface area contributed by atoms with Crippen molar-refractivity contribution >= 4 is 16.8 Å². The summed E-state index contributed by atoms with van der Waals surface area (Å²) in [4.78, 5) is 19.4. The molecule has 2 atom stereocenters. The third-order valence-corrected chi connectivity index (χ3v) is 8.13. The first-order valence-corrected chi connectivity index (χ1v) is 14.3. The van der Waals surface area contributed by atoms with Crippen LogP contribution in [0.2, 0.25) is 0 Å². The summed E-state index contributed by atoms with van der Waals surface area (Å²) in [5, 5.41) is 10.7. The molecular formula is C33H40N4O3. The number of nitrogens with two attached hydrogens (primary N) is 1. The van der Waals surface area contributed by atoms with E-state index >= 15 is 0 Å². The standard InChI is InChI=1S/C33H40N4O3/c1-23-29-8-3-4-9-30(29)37(17-6-18-40-2)33(23)27-7-5-16-36(22-27)32(39)20-28(34)19-24-10-12-25(13-11-24)26-14-15-31(38)35-21-26/h3-4,8-15,21,27-28H,5-7,16-20,22,34H2,1-2H3,(H,35,38)/t27-,28-/m1/s1. The van der Waals surface area contributed by atoms with E-state index in [2.05, 4.69) is 52.9 Å². The third-order valence-electron chi connectivity index (χ3n) is 8.13. The van der Waals surface area contributed by atoms with E-state index in [0.29, 0.717) is 18.8 Å². The molecule has 40 heavy (non-hydrogen) atoms. The highest BCUT2D eigenvalue weighted by Gasteiger charge is 2.29. The first kappa shape index (κ1) is 27.9. The van der Waals surface area contributed by atoms with Gasteiger partial charge in [0.15, 0.2) is 0 Å². The van der Waals surface area contributed by atoms with Crippen molar-refractivity contribution in [1.29, 1.82) is 0 Å². The van der Waals surface area contributed by atoms with Gasteiger partial charge in [-0.05, 0) is 61.4 Å². The first-order chi connectivity index (χ1) is 19.4. The van der Waals surface area contributed by atoms with Gasteiger partial charge in [-0.25, -0.2) is 4.98 Å². The minimum Gasteiger partial charge on any atom is -0.493 e. The van der Waals surface area contributed by atoms with Crippen molar-refractivity contribution < 1.29 is 14.6 Å². The molecule has 0 bridgehead atoms. The molecule has 4 aromatic rings. The molecule has 7 nitrogen and oxygen atoms in total. The number of ether oxygens (including phenoxy) is 1. The largest absolute Gasteiger partial charge is 0.493 e. The minimum atomic E-state index is -0.240. The number of aryl methyl sites for hydroxylation is 2. The fourth-order valence-electron chi connectivity index (χ4n) is 6.18. The van der Waals surface area contributed by atoms with Crippen LogP contribution >= 0.6 is 0 Å². The fourth-order valence-corrected chi connectivity index (χ4v) is 6.18. The topological polar surface area (TPSA) is 93.6 Å². The Morgan fingerprint density at radius 3 is 2.65 bits per heavy atom. The first-order valence-electron chi connectivity index (χ1n) is 14.3. The Morgan fingerprint density at radius 2 is 1.90 bits per heavy atom. The average molecular weight is 541 g/mol. The summed E-state index contributed by atoms with van der Waals surface area (Å²) in [6.07, 6.45) is 5.68. The van der Waals surface area contributed by atoms with Crippen molar-refractivity contribution in [3.8, 4) is 17.0 Å². The van der Waals surface area contributed by atoms with Crippen molar-refractivity contribution in [2.75, 3.05) is 26.8 Å². The number of benzene rings is 2. The molecule has 7 heteroatoms. The Bertz CT molecular complexity index is 1430. The number of carbonyl (C=O) groups is 1.